The topological polar surface area (TPSA) is 71.2 Å². The maximum atomic E-state index is 4.17. The predicted molar refractivity (Wildman–Crippen MR) is 146 cm³/mol. The lowest BCUT2D eigenvalue weighted by molar-refractivity contribution is 0.223. The standard InChI is InChI=1S/C23H30N2.C6H14N2.H2O/c1-19-9-6-7-12-21(19)15-24-23-13-8-14-25(18-22(23,2)17-23)16-20-10-4-3-5-11-20;1-6(2)8-5-4-7-3;/h3-7,9-12,24H,8,13-18H2,1-2H3;7H,4-5H2,1-3H3;1H2. The molecule has 188 valence electrons. The molecule has 1 saturated heterocycles. The van der Waals surface area contributed by atoms with Crippen LogP contribution in [0.15, 0.2) is 59.6 Å². The van der Waals surface area contributed by atoms with Crippen molar-refractivity contribution in [1.82, 2.24) is 15.5 Å². The summed E-state index contributed by atoms with van der Waals surface area (Å²) in [5.74, 6) is 0. The van der Waals surface area contributed by atoms with Crippen LogP contribution in [0.25, 0.3) is 0 Å². The normalized spacial score (nSPS) is 23.4. The number of aliphatic imine (C=N–C) groups is 1. The molecule has 1 aliphatic carbocycles. The lowest BCUT2D eigenvalue weighted by Gasteiger charge is -2.26. The molecule has 4 N–H and O–H groups in total. The average Bonchev–Trinajstić information content (AvgIpc) is 3.39. The van der Waals surface area contributed by atoms with Crippen LogP contribution >= 0.6 is 0 Å². The third-order valence-electron chi connectivity index (χ3n) is 7.29. The zero-order valence-electron chi connectivity index (χ0n) is 22.0. The second-order valence-electron chi connectivity index (χ2n) is 10.3. The van der Waals surface area contributed by atoms with Gasteiger partial charge in [0.2, 0.25) is 0 Å². The highest BCUT2D eigenvalue weighted by atomic mass is 16.0. The second kappa shape index (κ2) is 13.1. The van der Waals surface area contributed by atoms with E-state index in [1.165, 1.54) is 49.0 Å². The highest BCUT2D eigenvalue weighted by molar-refractivity contribution is 5.79. The molecular formula is C29H46N4O. The summed E-state index contributed by atoms with van der Waals surface area (Å²) in [7, 11) is 1.93. The fourth-order valence-corrected chi connectivity index (χ4v) is 5.20. The summed E-state index contributed by atoms with van der Waals surface area (Å²) in [4.78, 5) is 6.83. The monoisotopic (exact) mass is 466 g/mol. The van der Waals surface area contributed by atoms with E-state index >= 15 is 0 Å². The summed E-state index contributed by atoms with van der Waals surface area (Å²) in [5.41, 5.74) is 6.19. The van der Waals surface area contributed by atoms with E-state index < -0.39 is 0 Å². The Morgan fingerprint density at radius 1 is 1.06 bits per heavy atom. The quantitative estimate of drug-likeness (QED) is 0.448. The predicted octanol–water partition coefficient (Wildman–Crippen LogP) is 4.39. The van der Waals surface area contributed by atoms with Crippen LogP contribution < -0.4 is 10.6 Å². The number of likely N-dealkylation sites (N-methyl/N-ethyl adjacent to an activating group) is 1. The van der Waals surface area contributed by atoms with E-state index in [0.717, 1.165) is 31.9 Å². The van der Waals surface area contributed by atoms with E-state index in [9.17, 15) is 0 Å². The van der Waals surface area contributed by atoms with Crippen LogP contribution in [0.2, 0.25) is 0 Å². The lowest BCUT2D eigenvalue weighted by Crippen LogP contribution is -2.38. The van der Waals surface area contributed by atoms with Gasteiger partial charge in [-0.3, -0.25) is 9.89 Å². The number of fused-ring (bicyclic) bond motifs is 1. The molecule has 0 spiro atoms. The van der Waals surface area contributed by atoms with E-state index in [2.05, 4.69) is 89.0 Å². The number of hydrogen-bond acceptors (Lipinski definition) is 4. The van der Waals surface area contributed by atoms with Crippen LogP contribution in [0.4, 0.5) is 0 Å². The van der Waals surface area contributed by atoms with Gasteiger partial charge in [-0.15, -0.1) is 0 Å². The fraction of sp³-hybridized carbons (Fsp3) is 0.552. The van der Waals surface area contributed by atoms with Gasteiger partial charge in [0.15, 0.2) is 0 Å². The van der Waals surface area contributed by atoms with Gasteiger partial charge in [-0.25, -0.2) is 0 Å². The maximum absolute atomic E-state index is 4.17. The molecule has 2 aromatic carbocycles. The lowest BCUT2D eigenvalue weighted by atomic mass is 9.98. The molecule has 1 aliphatic heterocycles. The number of likely N-dealkylation sites (tertiary alicyclic amines) is 1. The van der Waals surface area contributed by atoms with Crippen LogP contribution in [0.3, 0.4) is 0 Å². The molecule has 5 nitrogen and oxygen atoms in total. The largest absolute Gasteiger partial charge is 0.412 e. The first-order valence-corrected chi connectivity index (χ1v) is 12.6. The van der Waals surface area contributed by atoms with Gasteiger partial charge in [-0.05, 0) is 70.3 Å². The molecule has 0 radical (unpaired) electrons. The Morgan fingerprint density at radius 3 is 2.44 bits per heavy atom. The summed E-state index contributed by atoms with van der Waals surface area (Å²) >= 11 is 0. The Hall–Kier alpha value is -2.05. The number of rotatable bonds is 8. The van der Waals surface area contributed by atoms with Crippen molar-refractivity contribution in [1.29, 1.82) is 0 Å². The van der Waals surface area contributed by atoms with Gasteiger partial charge >= 0.3 is 0 Å². The van der Waals surface area contributed by atoms with Crippen molar-refractivity contribution in [2.45, 2.75) is 65.6 Å². The van der Waals surface area contributed by atoms with Crippen molar-refractivity contribution in [3.8, 4) is 0 Å². The highest BCUT2D eigenvalue weighted by Gasteiger charge is 2.64. The number of aryl methyl sites for hydroxylation is 1. The first kappa shape index (κ1) is 28.2. The Balaban J connectivity index is 0.000000394. The highest BCUT2D eigenvalue weighted by Crippen LogP contribution is 2.60. The van der Waals surface area contributed by atoms with Gasteiger partial charge < -0.3 is 16.1 Å². The van der Waals surface area contributed by atoms with Gasteiger partial charge in [0.05, 0.1) is 6.54 Å². The van der Waals surface area contributed by atoms with E-state index in [4.69, 9.17) is 0 Å². The first-order chi connectivity index (χ1) is 15.9. The summed E-state index contributed by atoms with van der Waals surface area (Å²) in [6.07, 6.45) is 3.92. The number of nitrogens with zero attached hydrogens (tertiary/aromatic N) is 2. The minimum Gasteiger partial charge on any atom is -0.412 e. The molecule has 0 amide bonds. The van der Waals surface area contributed by atoms with Gasteiger partial charge in [-0.2, -0.15) is 0 Å². The summed E-state index contributed by atoms with van der Waals surface area (Å²) in [5, 5.41) is 6.98. The Bertz CT molecular complexity index is 896. The number of nitrogens with one attached hydrogen (secondary N) is 2. The van der Waals surface area contributed by atoms with E-state index in [1.54, 1.807) is 0 Å². The van der Waals surface area contributed by atoms with Gasteiger partial charge in [0, 0.05) is 42.8 Å². The van der Waals surface area contributed by atoms with Gasteiger partial charge in [0.25, 0.3) is 0 Å². The first-order valence-electron chi connectivity index (χ1n) is 12.6. The SMILES string of the molecule is CNCCN=C(C)C.Cc1ccccc1CNC12CCCN(Cc3ccccc3)CC1(C)C2.O. The zero-order valence-corrected chi connectivity index (χ0v) is 22.0. The molecule has 2 aromatic rings. The van der Waals surface area contributed by atoms with Gasteiger partial charge in [0.1, 0.15) is 0 Å². The summed E-state index contributed by atoms with van der Waals surface area (Å²) in [6, 6.07) is 19.7. The van der Waals surface area contributed by atoms with Crippen LogP contribution in [-0.4, -0.2) is 54.9 Å². The third-order valence-corrected chi connectivity index (χ3v) is 7.29. The fourth-order valence-electron chi connectivity index (χ4n) is 5.20. The molecule has 1 heterocycles. The molecular weight excluding hydrogens is 420 g/mol. The van der Waals surface area contributed by atoms with Crippen molar-refractivity contribution < 1.29 is 5.48 Å². The van der Waals surface area contributed by atoms with Crippen molar-refractivity contribution >= 4 is 5.71 Å². The number of benzene rings is 2. The Morgan fingerprint density at radius 2 is 1.76 bits per heavy atom. The Kier molecular flexibility index (Phi) is 10.9. The third kappa shape index (κ3) is 7.74. The minimum absolute atomic E-state index is 0. The Labute approximate surface area is 207 Å². The molecule has 2 atom stereocenters. The molecule has 2 unspecified atom stereocenters. The summed E-state index contributed by atoms with van der Waals surface area (Å²) < 4.78 is 0. The maximum Gasteiger partial charge on any atom is 0.0513 e. The molecule has 1 saturated carbocycles. The molecule has 2 fully saturated rings. The van der Waals surface area contributed by atoms with Gasteiger partial charge in [-0.1, -0.05) is 61.5 Å². The molecule has 5 heteroatoms. The molecule has 0 aromatic heterocycles. The zero-order chi connectivity index (χ0) is 23.7. The van der Waals surface area contributed by atoms with E-state index in [-0.39, 0.29) is 5.48 Å². The molecule has 34 heavy (non-hydrogen) atoms. The smallest absolute Gasteiger partial charge is 0.0513 e. The van der Waals surface area contributed by atoms with Crippen molar-refractivity contribution in [3.05, 3.63) is 71.3 Å². The summed E-state index contributed by atoms with van der Waals surface area (Å²) in [6.45, 7) is 15.1. The van der Waals surface area contributed by atoms with Crippen molar-refractivity contribution in [2.24, 2.45) is 10.4 Å². The van der Waals surface area contributed by atoms with E-state index in [1.807, 2.05) is 20.9 Å². The second-order valence-corrected chi connectivity index (χ2v) is 10.3. The average molecular weight is 467 g/mol. The minimum atomic E-state index is 0. The van der Waals surface area contributed by atoms with Crippen LogP contribution in [0, 0.1) is 12.3 Å². The van der Waals surface area contributed by atoms with E-state index in [0.29, 0.717) is 11.0 Å². The molecule has 0 bridgehead atoms. The molecule has 4 rings (SSSR count). The van der Waals surface area contributed by atoms with Crippen molar-refractivity contribution in [2.75, 3.05) is 33.2 Å². The number of hydrogen-bond donors (Lipinski definition) is 2. The molecule has 2 aliphatic rings. The van der Waals surface area contributed by atoms with Crippen molar-refractivity contribution in [3.63, 3.8) is 0 Å². The van der Waals surface area contributed by atoms with Crippen LogP contribution in [0.5, 0.6) is 0 Å². The van der Waals surface area contributed by atoms with Crippen LogP contribution in [0.1, 0.15) is 56.7 Å². The van der Waals surface area contributed by atoms with Crippen LogP contribution in [-0.2, 0) is 13.1 Å².